The molecule has 7 heteroatoms. The Bertz CT molecular complexity index is 1470. The van der Waals surface area contributed by atoms with Crippen molar-refractivity contribution in [1.82, 2.24) is 4.90 Å². The summed E-state index contributed by atoms with van der Waals surface area (Å²) < 4.78 is 5.09. The van der Waals surface area contributed by atoms with Crippen molar-refractivity contribution in [1.29, 1.82) is 0 Å². The van der Waals surface area contributed by atoms with E-state index in [0.717, 1.165) is 16.7 Å². The second kappa shape index (κ2) is 8.55. The molecule has 3 aromatic rings. The average Bonchev–Trinajstić information content (AvgIpc) is 3.37. The number of ether oxygens (including phenoxy) is 1. The first-order chi connectivity index (χ1) is 17.8. The van der Waals surface area contributed by atoms with Gasteiger partial charge in [-0.2, -0.15) is 0 Å². The minimum atomic E-state index is -0.855. The van der Waals surface area contributed by atoms with Gasteiger partial charge >= 0.3 is 5.97 Å². The number of esters is 1. The number of rotatable bonds is 4. The van der Waals surface area contributed by atoms with Crippen molar-refractivity contribution >= 4 is 35.3 Å². The van der Waals surface area contributed by atoms with Gasteiger partial charge in [-0.15, -0.1) is 0 Å². The lowest BCUT2D eigenvalue weighted by Gasteiger charge is -2.35. The molecule has 0 aromatic heterocycles. The number of hydrogen-bond acceptors (Lipinski definition) is 6. The third kappa shape index (κ3) is 3.57. The van der Waals surface area contributed by atoms with Crippen molar-refractivity contribution in [3.05, 3.63) is 101 Å². The maximum Gasteiger partial charge on any atom is 0.308 e. The highest BCUT2D eigenvalue weighted by Gasteiger charge is 2.64. The topological polar surface area (TPSA) is 84.0 Å². The molecule has 184 valence electrons. The predicted octanol–water partition coefficient (Wildman–Crippen LogP) is 4.32. The molecule has 0 unspecified atom stereocenters. The van der Waals surface area contributed by atoms with Crippen molar-refractivity contribution in [2.45, 2.75) is 25.9 Å². The first kappa shape index (κ1) is 22.9. The van der Waals surface area contributed by atoms with E-state index >= 15 is 0 Å². The van der Waals surface area contributed by atoms with E-state index in [1.807, 2.05) is 60.5 Å². The Kier molecular flexibility index (Phi) is 5.30. The quantitative estimate of drug-likeness (QED) is 0.234. The average molecular weight is 493 g/mol. The molecular formula is C30H24N2O5. The van der Waals surface area contributed by atoms with Crippen LogP contribution in [0.4, 0.5) is 5.69 Å². The maximum absolute atomic E-state index is 14.0. The van der Waals surface area contributed by atoms with Crippen LogP contribution in [0.2, 0.25) is 0 Å². The third-order valence-electron chi connectivity index (χ3n) is 7.42. The van der Waals surface area contributed by atoms with Gasteiger partial charge in [-0.05, 0) is 60.5 Å². The van der Waals surface area contributed by atoms with Crippen LogP contribution in [-0.2, 0) is 14.4 Å². The van der Waals surface area contributed by atoms with Gasteiger partial charge in [0.1, 0.15) is 11.8 Å². The molecule has 3 aromatic carbocycles. The number of ketones is 1. The number of imide groups is 1. The van der Waals surface area contributed by atoms with Gasteiger partial charge in [0, 0.05) is 18.7 Å². The number of fused-ring (bicyclic) bond motifs is 5. The van der Waals surface area contributed by atoms with Gasteiger partial charge in [-0.1, -0.05) is 42.0 Å². The second-order valence-corrected chi connectivity index (χ2v) is 9.66. The predicted molar refractivity (Wildman–Crippen MR) is 137 cm³/mol. The minimum Gasteiger partial charge on any atom is -0.427 e. The number of nitrogens with zero attached hydrogens (tertiary/aromatic N) is 2. The van der Waals surface area contributed by atoms with E-state index in [4.69, 9.17) is 4.74 Å². The summed E-state index contributed by atoms with van der Waals surface area (Å²) in [6.45, 7) is 3.25. The number of hydrogen-bond donors (Lipinski definition) is 0. The number of benzene rings is 3. The van der Waals surface area contributed by atoms with Crippen molar-refractivity contribution < 1.29 is 23.9 Å². The Morgan fingerprint density at radius 1 is 0.838 bits per heavy atom. The van der Waals surface area contributed by atoms with E-state index in [2.05, 4.69) is 0 Å². The Morgan fingerprint density at radius 3 is 2.22 bits per heavy atom. The standard InChI is InChI=1S/C30H24N2O5/c1-17-7-11-21(12-8-17)32-29(35)24-25(30(32)36)27(28(34)20-9-13-22(14-10-20)37-18(2)33)31-16-15-19-5-3-4-6-23(19)26(24)31/h3-16,24-27H,1-2H3/t24-,25-,26+,27+/m1/s1. The van der Waals surface area contributed by atoms with Gasteiger partial charge in [0.05, 0.1) is 23.6 Å². The largest absolute Gasteiger partial charge is 0.427 e. The van der Waals surface area contributed by atoms with E-state index in [1.54, 1.807) is 36.4 Å². The van der Waals surface area contributed by atoms with E-state index in [9.17, 15) is 19.2 Å². The van der Waals surface area contributed by atoms with Gasteiger partial charge < -0.3 is 9.64 Å². The molecule has 2 saturated heterocycles. The highest BCUT2D eigenvalue weighted by molar-refractivity contribution is 6.24. The zero-order valence-electron chi connectivity index (χ0n) is 20.3. The summed E-state index contributed by atoms with van der Waals surface area (Å²) in [5, 5.41) is 0. The zero-order valence-corrected chi connectivity index (χ0v) is 20.3. The normalized spacial score (nSPS) is 23.5. The van der Waals surface area contributed by atoms with Crippen molar-refractivity contribution in [3.63, 3.8) is 0 Å². The minimum absolute atomic E-state index is 0.261. The summed E-state index contributed by atoms with van der Waals surface area (Å²) in [5.74, 6) is -2.58. The Labute approximate surface area is 213 Å². The molecule has 6 rings (SSSR count). The van der Waals surface area contributed by atoms with Crippen LogP contribution in [-0.4, -0.2) is 34.5 Å². The SMILES string of the molecule is CC(=O)Oc1ccc(C(=O)[C@@H]2[C@@H]3C(=O)N(c4ccc(C)cc4)C(=O)[C@H]3[C@@H]3c4ccccc4C=CN23)cc1. The molecule has 0 aliphatic carbocycles. The number of aryl methyl sites for hydroxylation is 1. The van der Waals surface area contributed by atoms with Gasteiger partial charge in [0.2, 0.25) is 11.8 Å². The molecule has 0 radical (unpaired) electrons. The first-order valence-electron chi connectivity index (χ1n) is 12.2. The van der Waals surface area contributed by atoms with E-state index < -0.39 is 29.9 Å². The molecule has 4 atom stereocenters. The summed E-state index contributed by atoms with van der Waals surface area (Å²) in [6.07, 6.45) is 3.75. The fourth-order valence-corrected chi connectivity index (χ4v) is 5.83. The monoisotopic (exact) mass is 492 g/mol. The second-order valence-electron chi connectivity index (χ2n) is 9.66. The van der Waals surface area contributed by atoms with Gasteiger partial charge in [-0.3, -0.25) is 19.2 Å². The molecule has 2 amide bonds. The van der Waals surface area contributed by atoms with Crippen LogP contribution >= 0.6 is 0 Å². The van der Waals surface area contributed by atoms with Crippen LogP contribution in [0.25, 0.3) is 6.08 Å². The van der Waals surface area contributed by atoms with E-state index in [1.165, 1.54) is 11.8 Å². The number of carbonyl (C=O) groups excluding carboxylic acids is 4. The summed E-state index contributed by atoms with van der Waals surface area (Å²) in [5.41, 5.74) is 3.80. The molecule has 3 aliphatic heterocycles. The van der Waals surface area contributed by atoms with Crippen LogP contribution in [0.3, 0.4) is 0 Å². The Morgan fingerprint density at radius 2 is 1.51 bits per heavy atom. The molecule has 0 spiro atoms. The Balaban J connectivity index is 1.44. The van der Waals surface area contributed by atoms with Crippen LogP contribution in [0.1, 0.15) is 40.0 Å². The lowest BCUT2D eigenvalue weighted by atomic mass is 9.83. The number of amides is 2. The van der Waals surface area contributed by atoms with E-state index in [-0.39, 0.29) is 17.6 Å². The first-order valence-corrected chi connectivity index (χ1v) is 12.2. The Hall–Kier alpha value is -4.52. The van der Waals surface area contributed by atoms with E-state index in [0.29, 0.717) is 17.0 Å². The summed E-state index contributed by atoms with van der Waals surface area (Å²) in [7, 11) is 0. The zero-order chi connectivity index (χ0) is 25.8. The molecule has 37 heavy (non-hydrogen) atoms. The fraction of sp³-hybridized carbons (Fsp3) is 0.200. The number of carbonyl (C=O) groups is 4. The summed E-state index contributed by atoms with van der Waals surface area (Å²) in [4.78, 5) is 56.2. The van der Waals surface area contributed by atoms with Crippen LogP contribution in [0, 0.1) is 18.8 Å². The molecule has 3 heterocycles. The van der Waals surface area contributed by atoms with Gasteiger partial charge in [-0.25, -0.2) is 4.90 Å². The molecular weight excluding hydrogens is 468 g/mol. The lowest BCUT2D eigenvalue weighted by Crippen LogP contribution is -2.44. The smallest absolute Gasteiger partial charge is 0.308 e. The van der Waals surface area contributed by atoms with Gasteiger partial charge in [0.15, 0.2) is 5.78 Å². The molecule has 7 nitrogen and oxygen atoms in total. The van der Waals surface area contributed by atoms with Gasteiger partial charge in [0.25, 0.3) is 0 Å². The van der Waals surface area contributed by atoms with Crippen molar-refractivity contribution in [3.8, 4) is 5.75 Å². The van der Waals surface area contributed by atoms with Crippen LogP contribution in [0.15, 0.2) is 79.0 Å². The molecule has 3 aliphatic rings. The number of Topliss-reactive ketones (excluding diaryl/α,β-unsaturated/α-hetero) is 1. The van der Waals surface area contributed by atoms with Crippen molar-refractivity contribution in [2.24, 2.45) is 11.8 Å². The van der Waals surface area contributed by atoms with Crippen LogP contribution < -0.4 is 9.64 Å². The highest BCUT2D eigenvalue weighted by Crippen LogP contribution is 2.53. The molecule has 0 bridgehead atoms. The van der Waals surface area contributed by atoms with Crippen LogP contribution in [0.5, 0.6) is 5.75 Å². The highest BCUT2D eigenvalue weighted by atomic mass is 16.5. The summed E-state index contributed by atoms with van der Waals surface area (Å²) >= 11 is 0. The number of anilines is 1. The lowest BCUT2D eigenvalue weighted by molar-refractivity contribution is -0.132. The maximum atomic E-state index is 14.0. The third-order valence-corrected chi connectivity index (χ3v) is 7.42. The van der Waals surface area contributed by atoms with Crippen molar-refractivity contribution in [2.75, 3.05) is 4.90 Å². The fourth-order valence-electron chi connectivity index (χ4n) is 5.83. The molecule has 0 saturated carbocycles. The molecule has 0 N–H and O–H groups in total. The summed E-state index contributed by atoms with van der Waals surface area (Å²) in [6, 6.07) is 20.0. The molecule has 2 fully saturated rings.